The molecule has 0 fully saturated rings. The van der Waals surface area contributed by atoms with E-state index in [9.17, 15) is 10.2 Å². The van der Waals surface area contributed by atoms with Crippen LogP contribution in [-0.4, -0.2) is 175 Å². The summed E-state index contributed by atoms with van der Waals surface area (Å²) in [5, 5.41) is 37.6. The van der Waals surface area contributed by atoms with Crippen LogP contribution in [0.4, 0.5) is 4.79 Å². The standard InChI is InChI=1S/C52H90N8O2.CH2O3.CH4.Cr/c1-49(2,3)39-31-37(45(61)41(33-39)51(7,8)9)35-53-43(27-23-25-29-59(21)47(55(13)14)56(15)16)44(28-24-26-30-60(22)48(57(17)18)58(19)20)54-36-38-32-40(50(4,5)6)34-42(46(38)62)52(10,11)12;2-1(3)4;;/h31-36,43-44H,23-30H2,1-22H3;(H2,2,3,4);1H4;/p+2. The van der Waals surface area contributed by atoms with Crippen molar-refractivity contribution in [2.45, 2.75) is 163 Å². The summed E-state index contributed by atoms with van der Waals surface area (Å²) in [7, 11) is 21.0. The van der Waals surface area contributed by atoms with Gasteiger partial charge in [-0.15, -0.1) is 0 Å². The first-order valence-electron chi connectivity index (χ1n) is 23.6. The molecule has 388 valence electrons. The second kappa shape index (κ2) is 27.8. The maximum absolute atomic E-state index is 11.8. The molecule has 0 aromatic heterocycles. The van der Waals surface area contributed by atoms with E-state index >= 15 is 0 Å². The van der Waals surface area contributed by atoms with E-state index in [1.807, 2.05) is 12.4 Å². The quantitative estimate of drug-likeness (QED) is 0.0594. The molecule has 68 heavy (non-hydrogen) atoms. The molecule has 0 heterocycles. The van der Waals surface area contributed by atoms with E-state index in [4.69, 9.17) is 25.0 Å². The van der Waals surface area contributed by atoms with Gasteiger partial charge in [-0.3, -0.25) is 38.7 Å². The molecule has 0 aliphatic heterocycles. The third kappa shape index (κ3) is 21.2. The van der Waals surface area contributed by atoms with Gasteiger partial charge in [0, 0.05) is 52.0 Å². The third-order valence-electron chi connectivity index (χ3n) is 11.7. The minimum absolute atomic E-state index is 0. The summed E-state index contributed by atoms with van der Waals surface area (Å²) in [4.78, 5) is 28.4. The Morgan fingerprint density at radius 1 is 0.559 bits per heavy atom. The topological polar surface area (TPSA) is 142 Å². The number of guanidine groups is 2. The molecule has 14 heteroatoms. The van der Waals surface area contributed by atoms with E-state index in [1.165, 1.54) is 11.1 Å². The average molecular weight is 991 g/mol. The monoisotopic (exact) mass is 991 g/mol. The molecule has 0 saturated carbocycles. The van der Waals surface area contributed by atoms with E-state index in [-0.39, 0.29) is 58.5 Å². The van der Waals surface area contributed by atoms with Crippen LogP contribution in [0.1, 0.15) is 162 Å². The molecule has 2 atom stereocenters. The van der Waals surface area contributed by atoms with Gasteiger partial charge in [0.2, 0.25) is 0 Å². The van der Waals surface area contributed by atoms with Crippen molar-refractivity contribution >= 4 is 30.5 Å². The van der Waals surface area contributed by atoms with Gasteiger partial charge in [0.25, 0.3) is 0 Å². The maximum atomic E-state index is 11.8. The smallest absolute Gasteiger partial charge is 0.503 e. The fourth-order valence-electron chi connectivity index (χ4n) is 8.38. The van der Waals surface area contributed by atoms with Crippen molar-refractivity contribution in [1.82, 2.24) is 19.6 Å². The van der Waals surface area contributed by atoms with Gasteiger partial charge in [-0.05, 0) is 83.4 Å². The van der Waals surface area contributed by atoms with Gasteiger partial charge in [-0.25, -0.2) is 4.79 Å². The fraction of sp³-hybridized carbons (Fsp3) is 0.685. The number of aromatic hydroxyl groups is 2. The van der Waals surface area contributed by atoms with Crippen molar-refractivity contribution in [3.63, 3.8) is 0 Å². The minimum atomic E-state index is -1.83. The first kappa shape index (κ1) is 65.8. The molecule has 2 aromatic rings. The van der Waals surface area contributed by atoms with Crippen molar-refractivity contribution in [2.75, 3.05) is 83.6 Å². The Morgan fingerprint density at radius 3 is 1.06 bits per heavy atom. The van der Waals surface area contributed by atoms with Crippen molar-refractivity contribution < 1.29 is 51.7 Å². The van der Waals surface area contributed by atoms with Crippen LogP contribution in [0.15, 0.2) is 34.3 Å². The summed E-state index contributed by atoms with van der Waals surface area (Å²) in [6, 6.07) is 8.24. The fourth-order valence-corrected chi connectivity index (χ4v) is 8.38. The number of carboxylic acid groups (broad SMARTS) is 2. The first-order valence-corrected chi connectivity index (χ1v) is 23.6. The second-order valence-electron chi connectivity index (χ2n) is 22.9. The van der Waals surface area contributed by atoms with Crippen LogP contribution in [0.25, 0.3) is 0 Å². The van der Waals surface area contributed by atoms with Gasteiger partial charge in [0.15, 0.2) is 0 Å². The molecule has 0 bridgehead atoms. The van der Waals surface area contributed by atoms with Crippen LogP contribution in [0.3, 0.4) is 0 Å². The molecule has 0 amide bonds. The number of aliphatic imine (C=N–C) groups is 2. The molecule has 13 nitrogen and oxygen atoms in total. The summed E-state index contributed by atoms with van der Waals surface area (Å²) in [6.07, 6.45) is 7.56. The largest absolute Gasteiger partial charge is 0.507 e. The zero-order valence-corrected chi connectivity index (χ0v) is 47.2. The number of rotatable bonds is 15. The van der Waals surface area contributed by atoms with E-state index in [1.54, 1.807) is 0 Å². The van der Waals surface area contributed by atoms with Crippen molar-refractivity contribution in [3.05, 3.63) is 57.6 Å². The van der Waals surface area contributed by atoms with E-state index in [2.05, 4.69) is 207 Å². The van der Waals surface area contributed by atoms with E-state index in [0.29, 0.717) is 11.5 Å². The number of carbonyl (C=O) groups is 1. The second-order valence-corrected chi connectivity index (χ2v) is 22.9. The Morgan fingerprint density at radius 2 is 0.838 bits per heavy atom. The molecule has 2 rings (SSSR count). The van der Waals surface area contributed by atoms with Gasteiger partial charge in [0.05, 0.1) is 95.6 Å². The molecule has 4 N–H and O–H groups in total. The van der Waals surface area contributed by atoms with Crippen molar-refractivity contribution in [2.24, 2.45) is 9.98 Å². The zero-order chi connectivity index (χ0) is 51.3. The van der Waals surface area contributed by atoms with Crippen LogP contribution in [0, 0.1) is 0 Å². The molecular weight excluding hydrogens is 893 g/mol. The maximum Gasteiger partial charge on any atom is 0.503 e. The number of phenols is 2. The minimum Gasteiger partial charge on any atom is -0.507 e. The van der Waals surface area contributed by atoms with Crippen LogP contribution < -0.4 is 0 Å². The average Bonchev–Trinajstić information content (AvgIpc) is 3.12. The molecule has 2 aromatic carbocycles. The number of phenolic OH excluding ortho intramolecular Hbond substituents is 2. The Hall–Kier alpha value is -4.28. The van der Waals surface area contributed by atoms with E-state index < -0.39 is 6.16 Å². The predicted octanol–water partition coefficient (Wildman–Crippen LogP) is 10.0. The number of nitrogens with zero attached hydrogens (tertiary/aromatic N) is 8. The molecular formula is C54H98CrN8O5+2. The predicted molar refractivity (Wildman–Crippen MR) is 286 cm³/mol. The van der Waals surface area contributed by atoms with Crippen molar-refractivity contribution in [1.29, 1.82) is 0 Å². The SMILES string of the molecule is C.CN(C)C(N(C)CCCCC(N=Cc1cc(C(C)(C)C)cc(C(C)(C)C)c1O)C(CCCCN(C)C(N(C)C)=[N+](C)C)N=Cc1cc(C(C)(C)C)cc(C(C)(C)C)c1O)=[N+](C)C.O=C(O)O.[Cr]. The van der Waals surface area contributed by atoms with Crippen LogP contribution >= 0.6 is 0 Å². The molecule has 2 unspecified atom stereocenters. The number of benzene rings is 2. The molecule has 0 saturated heterocycles. The Bertz CT molecular complexity index is 1870. The Labute approximate surface area is 425 Å². The number of hydrogen-bond donors (Lipinski definition) is 4. The summed E-state index contributed by atoms with van der Waals surface area (Å²) in [6.45, 7) is 28.0. The van der Waals surface area contributed by atoms with Crippen LogP contribution in [0.5, 0.6) is 11.5 Å². The van der Waals surface area contributed by atoms with Crippen molar-refractivity contribution in [3.8, 4) is 11.5 Å². The molecule has 0 aliphatic carbocycles. The number of unbranched alkanes of at least 4 members (excludes halogenated alkanes) is 2. The van der Waals surface area contributed by atoms with Crippen LogP contribution in [0.2, 0.25) is 0 Å². The molecule has 0 aliphatic rings. The third-order valence-corrected chi connectivity index (χ3v) is 11.7. The molecule has 0 radical (unpaired) electrons. The Kier molecular flexibility index (Phi) is 26.9. The van der Waals surface area contributed by atoms with Gasteiger partial charge in [-0.1, -0.05) is 103 Å². The number of hydrogen-bond acceptors (Lipinski definition) is 5. The van der Waals surface area contributed by atoms with Crippen LogP contribution in [-0.2, 0) is 39.0 Å². The summed E-state index contributed by atoms with van der Waals surface area (Å²) in [5.41, 5.74) is 4.96. The van der Waals surface area contributed by atoms with Gasteiger partial charge in [0.1, 0.15) is 11.5 Å². The Balaban J connectivity index is 0. The normalized spacial score (nSPS) is 12.9. The van der Waals surface area contributed by atoms with E-state index in [0.717, 1.165) is 85.8 Å². The zero-order valence-electron chi connectivity index (χ0n) is 46.0. The summed E-state index contributed by atoms with van der Waals surface area (Å²) in [5.74, 6) is 2.90. The summed E-state index contributed by atoms with van der Waals surface area (Å²) < 4.78 is 4.32. The van der Waals surface area contributed by atoms with Gasteiger partial charge < -0.3 is 20.4 Å². The molecule has 0 spiro atoms. The summed E-state index contributed by atoms with van der Waals surface area (Å²) >= 11 is 0. The van der Waals surface area contributed by atoms with Gasteiger partial charge in [-0.2, -0.15) is 0 Å². The first-order chi connectivity index (χ1) is 30.0. The van der Waals surface area contributed by atoms with Gasteiger partial charge >= 0.3 is 18.1 Å².